The first kappa shape index (κ1) is 11.8. The van der Waals surface area contributed by atoms with E-state index in [4.69, 9.17) is 11.6 Å². The minimum atomic E-state index is 0.647. The average molecular weight is 274 g/mol. The minimum absolute atomic E-state index is 0.647. The van der Waals surface area contributed by atoms with Crippen LogP contribution in [0.15, 0.2) is 48.9 Å². The quantitative estimate of drug-likeness (QED) is 0.768. The fraction of sp³-hybridized carbons (Fsp3) is 0.0769. The molecule has 2 heterocycles. The first-order chi connectivity index (χ1) is 9.34. The van der Waals surface area contributed by atoms with Gasteiger partial charge in [0.25, 0.3) is 0 Å². The molecule has 0 fully saturated rings. The molecule has 0 amide bonds. The van der Waals surface area contributed by atoms with E-state index in [0.29, 0.717) is 11.6 Å². The summed E-state index contributed by atoms with van der Waals surface area (Å²) in [4.78, 5) is 0. The van der Waals surface area contributed by atoms with Crippen molar-refractivity contribution in [2.75, 3.05) is 5.32 Å². The number of anilines is 1. The predicted molar refractivity (Wildman–Crippen MR) is 74.5 cm³/mol. The third kappa shape index (κ3) is 2.46. The molecule has 0 unspecified atom stereocenters. The topological polar surface area (TPSA) is 58.5 Å². The zero-order valence-corrected chi connectivity index (χ0v) is 10.8. The van der Waals surface area contributed by atoms with Gasteiger partial charge in [0.05, 0.1) is 22.9 Å². The van der Waals surface area contributed by atoms with E-state index in [0.717, 1.165) is 17.1 Å². The van der Waals surface area contributed by atoms with Gasteiger partial charge in [0.1, 0.15) is 5.69 Å². The molecule has 3 rings (SSSR count). The Morgan fingerprint density at radius 2 is 2.16 bits per heavy atom. The fourth-order valence-corrected chi connectivity index (χ4v) is 2.13. The lowest BCUT2D eigenvalue weighted by molar-refractivity contribution is 0.878. The Labute approximate surface area is 115 Å². The van der Waals surface area contributed by atoms with Crippen LogP contribution < -0.4 is 5.32 Å². The van der Waals surface area contributed by atoms with Crippen LogP contribution in [0.2, 0.25) is 5.02 Å². The van der Waals surface area contributed by atoms with E-state index in [1.54, 1.807) is 17.1 Å². The maximum Gasteiger partial charge on any atom is 0.106 e. The molecule has 5 nitrogen and oxygen atoms in total. The number of aromatic amines is 1. The molecular formula is C13H12ClN5. The van der Waals surface area contributed by atoms with Gasteiger partial charge in [-0.1, -0.05) is 17.7 Å². The van der Waals surface area contributed by atoms with E-state index in [-0.39, 0.29) is 0 Å². The molecule has 0 bridgehead atoms. The van der Waals surface area contributed by atoms with Crippen molar-refractivity contribution in [1.82, 2.24) is 20.0 Å². The number of halogens is 1. The van der Waals surface area contributed by atoms with Crippen molar-refractivity contribution in [3.63, 3.8) is 0 Å². The van der Waals surface area contributed by atoms with E-state index >= 15 is 0 Å². The largest absolute Gasteiger partial charge is 0.378 e. The number of hydrogen-bond donors (Lipinski definition) is 2. The van der Waals surface area contributed by atoms with Gasteiger partial charge in [-0.15, -0.1) is 0 Å². The number of para-hydroxylation sites is 1. The van der Waals surface area contributed by atoms with Gasteiger partial charge in [0.15, 0.2) is 0 Å². The first-order valence-electron chi connectivity index (χ1n) is 5.85. The summed E-state index contributed by atoms with van der Waals surface area (Å²) in [6.07, 6.45) is 5.31. The third-order valence-electron chi connectivity index (χ3n) is 2.75. The number of hydrogen-bond acceptors (Lipinski definition) is 3. The van der Waals surface area contributed by atoms with E-state index in [1.807, 2.05) is 36.5 Å². The molecule has 2 aromatic heterocycles. The van der Waals surface area contributed by atoms with Crippen molar-refractivity contribution >= 4 is 17.3 Å². The third-order valence-corrected chi connectivity index (χ3v) is 3.05. The monoisotopic (exact) mass is 273 g/mol. The molecule has 0 aliphatic rings. The van der Waals surface area contributed by atoms with Crippen LogP contribution in [0.25, 0.3) is 5.69 Å². The van der Waals surface area contributed by atoms with Crippen molar-refractivity contribution in [1.29, 1.82) is 0 Å². The van der Waals surface area contributed by atoms with Gasteiger partial charge in [-0.05, 0) is 24.3 Å². The molecule has 2 N–H and O–H groups in total. The van der Waals surface area contributed by atoms with Crippen molar-refractivity contribution in [2.45, 2.75) is 6.54 Å². The lowest BCUT2D eigenvalue weighted by Gasteiger charge is -2.13. The molecular weight excluding hydrogens is 262 g/mol. The highest BCUT2D eigenvalue weighted by Gasteiger charge is 2.09. The summed E-state index contributed by atoms with van der Waals surface area (Å²) in [5.74, 6) is 0. The van der Waals surface area contributed by atoms with Crippen LogP contribution in [0, 0.1) is 0 Å². The zero-order valence-electron chi connectivity index (χ0n) is 10.0. The normalized spacial score (nSPS) is 10.6. The van der Waals surface area contributed by atoms with Gasteiger partial charge in [-0.3, -0.25) is 5.10 Å². The molecule has 0 aliphatic heterocycles. The smallest absolute Gasteiger partial charge is 0.106 e. The summed E-state index contributed by atoms with van der Waals surface area (Å²) in [5.41, 5.74) is 2.77. The van der Waals surface area contributed by atoms with Crippen molar-refractivity contribution in [2.24, 2.45) is 0 Å². The molecule has 6 heteroatoms. The maximum absolute atomic E-state index is 6.26. The Kier molecular flexibility index (Phi) is 3.20. The van der Waals surface area contributed by atoms with Gasteiger partial charge in [-0.25, -0.2) is 4.68 Å². The Morgan fingerprint density at radius 3 is 2.89 bits per heavy atom. The van der Waals surface area contributed by atoms with Crippen LogP contribution in [-0.2, 0) is 6.54 Å². The summed E-state index contributed by atoms with van der Waals surface area (Å²) >= 11 is 6.26. The van der Waals surface area contributed by atoms with E-state index < -0.39 is 0 Å². The van der Waals surface area contributed by atoms with Gasteiger partial charge in [0.2, 0.25) is 0 Å². The summed E-state index contributed by atoms with van der Waals surface area (Å²) in [6.45, 7) is 0.647. The second-order valence-electron chi connectivity index (χ2n) is 4.02. The fourth-order valence-electron chi connectivity index (χ4n) is 1.87. The number of nitrogens with zero attached hydrogens (tertiary/aromatic N) is 3. The first-order valence-corrected chi connectivity index (χ1v) is 6.23. The van der Waals surface area contributed by atoms with E-state index in [2.05, 4.69) is 20.6 Å². The molecule has 0 saturated heterocycles. The second-order valence-corrected chi connectivity index (χ2v) is 4.43. The number of benzene rings is 1. The van der Waals surface area contributed by atoms with Crippen molar-refractivity contribution in [3.8, 4) is 5.69 Å². The van der Waals surface area contributed by atoms with Gasteiger partial charge in [-0.2, -0.15) is 10.2 Å². The zero-order chi connectivity index (χ0) is 13.1. The molecule has 0 radical (unpaired) electrons. The van der Waals surface area contributed by atoms with Crippen LogP contribution in [0.5, 0.6) is 0 Å². The molecule has 19 heavy (non-hydrogen) atoms. The number of rotatable bonds is 4. The highest BCUT2D eigenvalue weighted by molar-refractivity contribution is 6.33. The second kappa shape index (κ2) is 5.16. The Hall–Kier alpha value is -2.27. The summed E-state index contributed by atoms with van der Waals surface area (Å²) < 4.78 is 1.75. The standard InChI is InChI=1S/C13H12ClN5/c14-11-3-1-4-12(13(11)19-8-2-6-17-19)15-9-10-5-7-16-18-10/h1-8,15H,9H2,(H,16,18). The number of nitrogens with one attached hydrogen (secondary N) is 2. The summed E-state index contributed by atoms with van der Waals surface area (Å²) in [5, 5.41) is 15.0. The molecule has 0 aliphatic carbocycles. The Bertz CT molecular complexity index is 646. The number of H-pyrrole nitrogens is 1. The minimum Gasteiger partial charge on any atom is -0.378 e. The SMILES string of the molecule is Clc1cccc(NCc2ccn[nH]2)c1-n1cccn1. The van der Waals surface area contributed by atoms with Crippen LogP contribution in [0.4, 0.5) is 5.69 Å². The predicted octanol–water partition coefficient (Wildman–Crippen LogP) is 2.86. The van der Waals surface area contributed by atoms with Crippen LogP contribution in [0.1, 0.15) is 5.69 Å². The van der Waals surface area contributed by atoms with Crippen LogP contribution >= 0.6 is 11.6 Å². The summed E-state index contributed by atoms with van der Waals surface area (Å²) in [6, 6.07) is 9.51. The van der Waals surface area contributed by atoms with E-state index in [1.165, 1.54) is 0 Å². The number of aromatic nitrogens is 4. The maximum atomic E-state index is 6.26. The highest BCUT2D eigenvalue weighted by Crippen LogP contribution is 2.28. The average Bonchev–Trinajstić information content (AvgIpc) is 3.09. The van der Waals surface area contributed by atoms with Gasteiger partial charge >= 0.3 is 0 Å². The van der Waals surface area contributed by atoms with E-state index in [9.17, 15) is 0 Å². The lowest BCUT2D eigenvalue weighted by Crippen LogP contribution is -2.05. The summed E-state index contributed by atoms with van der Waals surface area (Å²) in [7, 11) is 0. The van der Waals surface area contributed by atoms with Crippen molar-refractivity contribution < 1.29 is 0 Å². The Balaban J connectivity index is 1.91. The van der Waals surface area contributed by atoms with Crippen LogP contribution in [0.3, 0.4) is 0 Å². The molecule has 0 saturated carbocycles. The van der Waals surface area contributed by atoms with Crippen LogP contribution in [-0.4, -0.2) is 20.0 Å². The molecule has 1 aromatic carbocycles. The Morgan fingerprint density at radius 1 is 1.21 bits per heavy atom. The molecule has 3 aromatic rings. The molecule has 0 spiro atoms. The van der Waals surface area contributed by atoms with Gasteiger partial charge < -0.3 is 5.32 Å². The molecule has 96 valence electrons. The van der Waals surface area contributed by atoms with Gasteiger partial charge in [0, 0.05) is 18.6 Å². The van der Waals surface area contributed by atoms with Crippen molar-refractivity contribution in [3.05, 3.63) is 59.6 Å². The molecule has 0 atom stereocenters. The highest BCUT2D eigenvalue weighted by atomic mass is 35.5. The lowest BCUT2D eigenvalue weighted by atomic mass is 10.2.